The molecule has 1 aliphatic rings. The van der Waals surface area contributed by atoms with E-state index in [1.807, 2.05) is 0 Å². The van der Waals surface area contributed by atoms with Gasteiger partial charge in [0.1, 0.15) is 11.5 Å². The maximum absolute atomic E-state index is 12.5. The largest absolute Gasteiger partial charge is 0.717 e. The topological polar surface area (TPSA) is 124 Å². The quantitative estimate of drug-likeness (QED) is 0.299. The molecular weight excluding hydrogens is 399 g/mol. The van der Waals surface area contributed by atoms with Crippen molar-refractivity contribution in [2.75, 3.05) is 7.11 Å². The second-order valence-electron chi connectivity index (χ2n) is 5.77. The highest BCUT2D eigenvalue weighted by atomic mass is 16.8. The van der Waals surface area contributed by atoms with Crippen molar-refractivity contribution in [2.24, 2.45) is 0 Å². The molecule has 1 saturated heterocycles. The van der Waals surface area contributed by atoms with Crippen LogP contribution in [0.3, 0.4) is 0 Å². The maximum Gasteiger partial charge on any atom is 0.717 e. The Morgan fingerprint density at radius 1 is 0.733 bits per heavy atom. The maximum atomic E-state index is 12.5. The Labute approximate surface area is 170 Å². The van der Waals surface area contributed by atoms with Crippen LogP contribution in [0.5, 0.6) is 11.5 Å². The average Bonchev–Trinajstić information content (AvgIpc) is 3.18. The molecule has 0 bridgehead atoms. The van der Waals surface area contributed by atoms with Gasteiger partial charge in [-0.25, -0.2) is 19.2 Å². The number of ether oxygens (including phenoxy) is 3. The molecule has 30 heavy (non-hydrogen) atoms. The lowest BCUT2D eigenvalue weighted by molar-refractivity contribution is -0.162. The van der Waals surface area contributed by atoms with E-state index in [4.69, 9.17) is 18.8 Å². The van der Waals surface area contributed by atoms with Gasteiger partial charge in [-0.2, -0.15) is 0 Å². The first kappa shape index (κ1) is 21.0. The third kappa shape index (κ3) is 5.22. The number of methoxy groups -OCH3 is 1. The van der Waals surface area contributed by atoms with E-state index in [0.717, 1.165) is 7.11 Å². The Morgan fingerprint density at radius 2 is 1.17 bits per heavy atom. The Balaban J connectivity index is 1.74. The first-order chi connectivity index (χ1) is 14.5. The van der Waals surface area contributed by atoms with Crippen LogP contribution in [0.1, 0.15) is 0 Å². The average molecular weight is 414 g/mol. The smallest absolute Gasteiger partial charge is 0.476 e. The first-order valence-electron chi connectivity index (χ1n) is 8.61. The van der Waals surface area contributed by atoms with E-state index >= 15 is 0 Å². The number of para-hydroxylation sites is 2. The van der Waals surface area contributed by atoms with E-state index in [9.17, 15) is 19.2 Å². The van der Waals surface area contributed by atoms with Crippen molar-refractivity contribution in [2.45, 2.75) is 12.2 Å². The van der Waals surface area contributed by atoms with Crippen LogP contribution in [0.25, 0.3) is 0 Å². The summed E-state index contributed by atoms with van der Waals surface area (Å²) in [4.78, 5) is 47.9. The zero-order valence-corrected chi connectivity index (χ0v) is 15.6. The fourth-order valence-electron chi connectivity index (χ4n) is 2.37. The molecular formula is C19H15BO10. The van der Waals surface area contributed by atoms with Crippen LogP contribution in [0.4, 0.5) is 0 Å². The van der Waals surface area contributed by atoms with Gasteiger partial charge in [0, 0.05) is 0 Å². The molecule has 10 nitrogen and oxygen atoms in total. The summed E-state index contributed by atoms with van der Waals surface area (Å²) in [6.45, 7) is 0. The van der Waals surface area contributed by atoms with E-state index in [0.29, 0.717) is 0 Å². The van der Waals surface area contributed by atoms with Crippen LogP contribution < -0.4 is 9.47 Å². The molecule has 0 aromatic heterocycles. The van der Waals surface area contributed by atoms with Gasteiger partial charge in [-0.15, -0.1) is 0 Å². The lowest BCUT2D eigenvalue weighted by Gasteiger charge is -2.15. The minimum Gasteiger partial charge on any atom is -0.476 e. The summed E-state index contributed by atoms with van der Waals surface area (Å²) in [5.41, 5.74) is 0. The van der Waals surface area contributed by atoms with Crippen molar-refractivity contribution < 1.29 is 47.4 Å². The second kappa shape index (κ2) is 9.68. The second-order valence-corrected chi connectivity index (χ2v) is 5.77. The molecule has 0 radical (unpaired) electrons. The van der Waals surface area contributed by atoms with Gasteiger partial charge in [-0.3, -0.25) is 0 Å². The predicted octanol–water partition coefficient (Wildman–Crippen LogP) is 0.683. The standard InChI is InChI=1S/C19H15BO10/c1-25-18(23)19(24)30-20-28-14(16(21)26-12-8-4-2-5-9-12)15(29-20)17(22)27-13-10-6-3-7-11-13/h2-11,14-15H,1H3. The molecule has 0 aliphatic carbocycles. The van der Waals surface area contributed by atoms with Crippen LogP contribution in [0, 0.1) is 0 Å². The lowest BCUT2D eigenvalue weighted by Crippen LogP contribution is -2.41. The van der Waals surface area contributed by atoms with Crippen LogP contribution in [0.15, 0.2) is 60.7 Å². The van der Waals surface area contributed by atoms with Crippen molar-refractivity contribution in [3.05, 3.63) is 60.7 Å². The van der Waals surface area contributed by atoms with Crippen molar-refractivity contribution >= 4 is 31.2 Å². The summed E-state index contributed by atoms with van der Waals surface area (Å²) < 4.78 is 29.6. The van der Waals surface area contributed by atoms with E-state index < -0.39 is 43.4 Å². The third-order valence-electron chi connectivity index (χ3n) is 3.73. The van der Waals surface area contributed by atoms with Gasteiger partial charge < -0.3 is 28.2 Å². The SMILES string of the molecule is COC(=O)C(=O)OB1OC(C(=O)Oc2ccccc2)C(C(=O)Oc2ccccc2)O1. The number of esters is 3. The monoisotopic (exact) mass is 414 g/mol. The summed E-state index contributed by atoms with van der Waals surface area (Å²) in [7, 11) is -0.863. The fraction of sp³-hybridized carbons (Fsp3) is 0.158. The summed E-state index contributed by atoms with van der Waals surface area (Å²) >= 11 is 0. The van der Waals surface area contributed by atoms with E-state index in [1.54, 1.807) is 36.4 Å². The number of carbonyl (C=O) groups excluding carboxylic acids is 4. The molecule has 1 heterocycles. The molecule has 2 aromatic carbocycles. The molecule has 1 aliphatic heterocycles. The van der Waals surface area contributed by atoms with Crippen LogP contribution in [0.2, 0.25) is 0 Å². The highest BCUT2D eigenvalue weighted by Crippen LogP contribution is 2.23. The number of rotatable bonds is 5. The highest BCUT2D eigenvalue weighted by Gasteiger charge is 2.53. The van der Waals surface area contributed by atoms with Crippen LogP contribution >= 0.6 is 0 Å². The third-order valence-corrected chi connectivity index (χ3v) is 3.73. The van der Waals surface area contributed by atoms with Crippen molar-refractivity contribution in [1.29, 1.82) is 0 Å². The van der Waals surface area contributed by atoms with E-state index in [1.165, 1.54) is 24.3 Å². The highest BCUT2D eigenvalue weighted by molar-refractivity contribution is 6.46. The van der Waals surface area contributed by atoms with Crippen LogP contribution in [-0.2, 0) is 37.9 Å². The molecule has 0 amide bonds. The summed E-state index contributed by atoms with van der Waals surface area (Å²) in [6, 6.07) is 16.0. The predicted molar refractivity (Wildman–Crippen MR) is 97.8 cm³/mol. The molecule has 3 rings (SSSR count). The van der Waals surface area contributed by atoms with Gasteiger partial charge in [0.05, 0.1) is 7.11 Å². The Kier molecular flexibility index (Phi) is 6.78. The van der Waals surface area contributed by atoms with Gasteiger partial charge in [0.25, 0.3) is 0 Å². The first-order valence-corrected chi connectivity index (χ1v) is 8.61. The molecule has 0 N–H and O–H groups in total. The Hall–Kier alpha value is -3.70. The molecule has 0 spiro atoms. The lowest BCUT2D eigenvalue weighted by atomic mass is 10.2. The molecule has 2 unspecified atom stereocenters. The zero-order chi connectivity index (χ0) is 21.5. The van der Waals surface area contributed by atoms with Crippen LogP contribution in [-0.4, -0.2) is 50.5 Å². The number of carbonyl (C=O) groups is 4. The number of hydrogen-bond donors (Lipinski definition) is 0. The minimum absolute atomic E-state index is 0.191. The molecule has 0 saturated carbocycles. The van der Waals surface area contributed by atoms with Crippen molar-refractivity contribution in [1.82, 2.24) is 0 Å². The van der Waals surface area contributed by atoms with Crippen molar-refractivity contribution in [3.8, 4) is 11.5 Å². The van der Waals surface area contributed by atoms with Gasteiger partial charge in [-0.05, 0) is 24.3 Å². The molecule has 2 aromatic rings. The van der Waals surface area contributed by atoms with Gasteiger partial charge in [0.15, 0.2) is 12.2 Å². The molecule has 154 valence electrons. The van der Waals surface area contributed by atoms with Gasteiger partial charge in [0.2, 0.25) is 0 Å². The Morgan fingerprint density at radius 3 is 1.57 bits per heavy atom. The van der Waals surface area contributed by atoms with Crippen molar-refractivity contribution in [3.63, 3.8) is 0 Å². The van der Waals surface area contributed by atoms with Gasteiger partial charge >= 0.3 is 31.2 Å². The van der Waals surface area contributed by atoms with E-state index in [2.05, 4.69) is 9.39 Å². The number of hydrogen-bond acceptors (Lipinski definition) is 10. The van der Waals surface area contributed by atoms with E-state index in [-0.39, 0.29) is 11.5 Å². The summed E-state index contributed by atoms with van der Waals surface area (Å²) in [6.07, 6.45) is -3.26. The Bertz CT molecular complexity index is 856. The normalized spacial score (nSPS) is 17.7. The summed E-state index contributed by atoms with van der Waals surface area (Å²) in [5.74, 6) is -4.36. The molecule has 11 heteroatoms. The molecule has 1 fully saturated rings. The minimum atomic E-state index is -1.83. The summed E-state index contributed by atoms with van der Waals surface area (Å²) in [5, 5.41) is 0. The number of benzene rings is 2. The molecule has 2 atom stereocenters. The van der Waals surface area contributed by atoms with Gasteiger partial charge in [-0.1, -0.05) is 36.4 Å². The fourth-order valence-corrected chi connectivity index (χ4v) is 2.37. The zero-order valence-electron chi connectivity index (χ0n) is 15.6.